The molecule has 1 fully saturated rings. The van der Waals surface area contributed by atoms with Gasteiger partial charge in [0.2, 0.25) is 0 Å². The molecular formula is C13H15N3OS2. The lowest BCUT2D eigenvalue weighted by Gasteiger charge is -2.05. The molecule has 0 spiro atoms. The molecule has 0 aromatic carbocycles. The van der Waals surface area contributed by atoms with Gasteiger partial charge in [0.1, 0.15) is 0 Å². The van der Waals surface area contributed by atoms with E-state index in [4.69, 9.17) is 0 Å². The van der Waals surface area contributed by atoms with Gasteiger partial charge >= 0.3 is 0 Å². The number of hydrogen-bond acceptors (Lipinski definition) is 5. The highest BCUT2D eigenvalue weighted by atomic mass is 32.1. The van der Waals surface area contributed by atoms with Gasteiger partial charge in [-0.15, -0.1) is 22.7 Å². The summed E-state index contributed by atoms with van der Waals surface area (Å²) in [4.78, 5) is 19.3. The Hall–Kier alpha value is -1.24. The second kappa shape index (κ2) is 5.40. The fourth-order valence-electron chi connectivity index (χ4n) is 2.16. The molecule has 2 aromatic rings. The van der Waals surface area contributed by atoms with Gasteiger partial charge in [-0.1, -0.05) is 0 Å². The van der Waals surface area contributed by atoms with Crippen LogP contribution >= 0.6 is 22.7 Å². The van der Waals surface area contributed by atoms with Crippen molar-refractivity contribution in [3.05, 3.63) is 33.0 Å². The molecular weight excluding hydrogens is 278 g/mol. The highest BCUT2D eigenvalue weighted by molar-refractivity contribution is 7.16. The summed E-state index contributed by atoms with van der Waals surface area (Å²) in [5.41, 5.74) is 0. The number of anilines is 1. The fourth-order valence-corrected chi connectivity index (χ4v) is 3.83. The zero-order valence-electron chi connectivity index (χ0n) is 10.6. The number of carbonyl (C=O) groups excluding carboxylic acids is 1. The van der Waals surface area contributed by atoms with Gasteiger partial charge in [-0.3, -0.25) is 10.1 Å². The smallest absolute Gasteiger partial charge is 0.267 e. The Balaban J connectivity index is 1.69. The first kappa shape index (κ1) is 12.8. The van der Waals surface area contributed by atoms with Gasteiger partial charge in [0.25, 0.3) is 5.91 Å². The van der Waals surface area contributed by atoms with Crippen LogP contribution < -0.4 is 10.6 Å². The van der Waals surface area contributed by atoms with Crippen molar-refractivity contribution in [1.82, 2.24) is 10.3 Å². The molecule has 3 rings (SSSR count). The average molecular weight is 293 g/mol. The van der Waals surface area contributed by atoms with Crippen LogP contribution in [0.2, 0.25) is 0 Å². The van der Waals surface area contributed by atoms with Gasteiger partial charge in [0.15, 0.2) is 5.13 Å². The van der Waals surface area contributed by atoms with Crippen LogP contribution in [0.1, 0.15) is 38.3 Å². The molecule has 1 amide bonds. The Kier molecular flexibility index (Phi) is 3.63. The fraction of sp³-hybridized carbons (Fsp3) is 0.385. The van der Waals surface area contributed by atoms with Crippen molar-refractivity contribution in [1.29, 1.82) is 0 Å². The van der Waals surface area contributed by atoms with E-state index in [0.717, 1.165) is 22.7 Å². The maximum atomic E-state index is 12.1. The zero-order valence-corrected chi connectivity index (χ0v) is 12.2. The molecule has 19 heavy (non-hydrogen) atoms. The monoisotopic (exact) mass is 293 g/mol. The van der Waals surface area contributed by atoms with Crippen molar-refractivity contribution >= 4 is 33.7 Å². The Bertz CT molecular complexity index is 584. The Morgan fingerprint density at radius 2 is 2.37 bits per heavy atom. The van der Waals surface area contributed by atoms with Crippen molar-refractivity contribution in [2.75, 3.05) is 11.9 Å². The molecule has 1 atom stereocenters. The summed E-state index contributed by atoms with van der Waals surface area (Å²) >= 11 is 3.06. The van der Waals surface area contributed by atoms with E-state index in [1.807, 2.05) is 13.0 Å². The van der Waals surface area contributed by atoms with E-state index in [2.05, 4.69) is 21.7 Å². The molecule has 4 nitrogen and oxygen atoms in total. The molecule has 2 aromatic heterocycles. The van der Waals surface area contributed by atoms with Crippen LogP contribution in [0.25, 0.3) is 0 Å². The lowest BCUT2D eigenvalue weighted by molar-refractivity contribution is 0.103. The third kappa shape index (κ3) is 2.86. The molecule has 3 heterocycles. The van der Waals surface area contributed by atoms with E-state index in [0.29, 0.717) is 11.2 Å². The lowest BCUT2D eigenvalue weighted by Crippen LogP contribution is -2.11. The first-order valence-corrected chi connectivity index (χ1v) is 7.92. The standard InChI is InChI=1S/C13H15N3OS2/c1-8-7-15-13(18-8)16-12(17)11-5-4-10(19-11)9-3-2-6-14-9/h4-5,7,9,14H,2-3,6H2,1H3,(H,15,16,17)/t9-/m0/s1. The number of thiophene rings is 1. The van der Waals surface area contributed by atoms with Crippen molar-refractivity contribution in [2.24, 2.45) is 0 Å². The van der Waals surface area contributed by atoms with E-state index in [9.17, 15) is 4.79 Å². The summed E-state index contributed by atoms with van der Waals surface area (Å²) in [6.07, 6.45) is 4.14. The molecule has 0 bridgehead atoms. The largest absolute Gasteiger partial charge is 0.309 e. The predicted molar refractivity (Wildman–Crippen MR) is 79.1 cm³/mol. The normalized spacial score (nSPS) is 18.7. The molecule has 2 N–H and O–H groups in total. The van der Waals surface area contributed by atoms with Crippen LogP contribution in [0.3, 0.4) is 0 Å². The van der Waals surface area contributed by atoms with Crippen molar-refractivity contribution in [3.63, 3.8) is 0 Å². The highest BCUT2D eigenvalue weighted by Crippen LogP contribution is 2.29. The van der Waals surface area contributed by atoms with E-state index in [1.165, 1.54) is 22.6 Å². The number of aryl methyl sites for hydroxylation is 1. The van der Waals surface area contributed by atoms with Crippen molar-refractivity contribution < 1.29 is 4.79 Å². The predicted octanol–water partition coefficient (Wildman–Crippen LogP) is 3.19. The van der Waals surface area contributed by atoms with E-state index >= 15 is 0 Å². The van der Waals surface area contributed by atoms with Gasteiger partial charge in [0.05, 0.1) is 4.88 Å². The number of nitrogens with zero attached hydrogens (tertiary/aromatic N) is 1. The molecule has 6 heteroatoms. The van der Waals surface area contributed by atoms with Crippen LogP contribution in [0.5, 0.6) is 0 Å². The van der Waals surface area contributed by atoms with Crippen LogP contribution in [0.15, 0.2) is 18.3 Å². The maximum Gasteiger partial charge on any atom is 0.267 e. The number of nitrogens with one attached hydrogen (secondary N) is 2. The second-order valence-electron chi connectivity index (χ2n) is 4.58. The minimum atomic E-state index is -0.0661. The van der Waals surface area contributed by atoms with E-state index in [-0.39, 0.29) is 5.91 Å². The lowest BCUT2D eigenvalue weighted by atomic mass is 10.2. The van der Waals surface area contributed by atoms with Gasteiger partial charge in [-0.25, -0.2) is 4.98 Å². The minimum Gasteiger partial charge on any atom is -0.309 e. The summed E-state index contributed by atoms with van der Waals surface area (Å²) < 4.78 is 0. The summed E-state index contributed by atoms with van der Waals surface area (Å²) in [6.45, 7) is 3.05. The quantitative estimate of drug-likeness (QED) is 0.914. The van der Waals surface area contributed by atoms with Gasteiger partial charge in [-0.2, -0.15) is 0 Å². The third-order valence-electron chi connectivity index (χ3n) is 3.10. The summed E-state index contributed by atoms with van der Waals surface area (Å²) in [5.74, 6) is -0.0661. The third-order valence-corrected chi connectivity index (χ3v) is 5.12. The van der Waals surface area contributed by atoms with Crippen LogP contribution in [0, 0.1) is 6.92 Å². The number of amides is 1. The Labute approximate surface area is 119 Å². The first-order valence-electron chi connectivity index (χ1n) is 6.29. The maximum absolute atomic E-state index is 12.1. The number of aromatic nitrogens is 1. The first-order chi connectivity index (χ1) is 9.22. The SMILES string of the molecule is Cc1cnc(NC(=O)c2ccc([C@@H]3CCCN3)s2)s1. The van der Waals surface area contributed by atoms with E-state index in [1.54, 1.807) is 17.5 Å². The van der Waals surface area contributed by atoms with Crippen molar-refractivity contribution in [2.45, 2.75) is 25.8 Å². The molecule has 1 saturated heterocycles. The number of thiazole rings is 1. The minimum absolute atomic E-state index is 0.0661. The van der Waals surface area contributed by atoms with Crippen LogP contribution in [-0.2, 0) is 0 Å². The summed E-state index contributed by atoms with van der Waals surface area (Å²) in [5, 5.41) is 6.95. The number of hydrogen-bond donors (Lipinski definition) is 2. The number of carbonyl (C=O) groups is 1. The van der Waals surface area contributed by atoms with Gasteiger partial charge in [0, 0.05) is 22.0 Å². The molecule has 0 saturated carbocycles. The highest BCUT2D eigenvalue weighted by Gasteiger charge is 2.19. The molecule has 100 valence electrons. The molecule has 1 aliphatic heterocycles. The molecule has 1 aliphatic rings. The van der Waals surface area contributed by atoms with Crippen molar-refractivity contribution in [3.8, 4) is 0 Å². The zero-order chi connectivity index (χ0) is 13.2. The van der Waals surface area contributed by atoms with Gasteiger partial charge in [-0.05, 0) is 38.4 Å². The van der Waals surface area contributed by atoms with Crippen LogP contribution in [0.4, 0.5) is 5.13 Å². The summed E-state index contributed by atoms with van der Waals surface area (Å²) in [6, 6.07) is 4.37. The second-order valence-corrected chi connectivity index (χ2v) is 6.93. The Morgan fingerprint density at radius 1 is 1.47 bits per heavy atom. The molecule has 0 aliphatic carbocycles. The number of rotatable bonds is 3. The van der Waals surface area contributed by atoms with E-state index < -0.39 is 0 Å². The average Bonchev–Trinajstić information content (AvgIpc) is 3.08. The topological polar surface area (TPSA) is 54.0 Å². The van der Waals surface area contributed by atoms with Gasteiger partial charge < -0.3 is 5.32 Å². The molecule has 0 radical (unpaired) electrons. The van der Waals surface area contributed by atoms with Crippen LogP contribution in [-0.4, -0.2) is 17.4 Å². The Morgan fingerprint density at radius 3 is 3.05 bits per heavy atom. The summed E-state index contributed by atoms with van der Waals surface area (Å²) in [7, 11) is 0. The molecule has 0 unspecified atom stereocenters.